The van der Waals surface area contributed by atoms with Crippen molar-refractivity contribution in [2.45, 2.75) is 39.5 Å². The van der Waals surface area contributed by atoms with Crippen molar-refractivity contribution >= 4 is 17.5 Å². The Balaban J connectivity index is 2.23. The molecule has 0 fully saturated rings. The van der Waals surface area contributed by atoms with Crippen molar-refractivity contribution in [3.05, 3.63) is 33.9 Å². The van der Waals surface area contributed by atoms with Crippen LogP contribution < -0.4 is 0 Å². The smallest absolute Gasteiger partial charge is 0.339 e. The van der Waals surface area contributed by atoms with E-state index in [-0.39, 0.29) is 11.6 Å². The lowest BCUT2D eigenvalue weighted by atomic mass is 10.2. The molecule has 1 unspecified atom stereocenters. The lowest BCUT2D eigenvalue weighted by Gasteiger charge is -2.22. The Bertz CT molecular complexity index is 796. The first-order valence-electron chi connectivity index (χ1n) is 7.49. The van der Waals surface area contributed by atoms with Gasteiger partial charge in [0, 0.05) is 32.4 Å². The van der Waals surface area contributed by atoms with Crippen molar-refractivity contribution in [3.63, 3.8) is 0 Å². The van der Waals surface area contributed by atoms with Gasteiger partial charge in [0.25, 0.3) is 0 Å². The molecule has 0 N–H and O–H groups in total. The largest absolute Gasteiger partial charge is 0.436 e. The van der Waals surface area contributed by atoms with Crippen LogP contribution >= 0.6 is 11.6 Å². The third-order valence-electron chi connectivity index (χ3n) is 3.97. The number of hydrogen-bond donors (Lipinski definition) is 0. The Morgan fingerprint density at radius 2 is 1.96 bits per heavy atom. The molecule has 0 spiro atoms. The summed E-state index contributed by atoms with van der Waals surface area (Å²) in [5.41, 5.74) is 0.557. The van der Waals surface area contributed by atoms with Gasteiger partial charge in [-0.3, -0.25) is 14.2 Å². The topological polar surface area (TPSA) is 56.0 Å². The summed E-state index contributed by atoms with van der Waals surface area (Å²) in [6.45, 7) is 5.01. The van der Waals surface area contributed by atoms with Crippen LogP contribution in [0.4, 0.5) is 13.2 Å². The SMILES string of the molecule is Cc1nn(C)cc1CN(C)C(=O)C(C)n1nc(C(F)(F)F)c(Cl)c1C. The van der Waals surface area contributed by atoms with Gasteiger partial charge in [-0.1, -0.05) is 11.6 Å². The van der Waals surface area contributed by atoms with Crippen molar-refractivity contribution in [2.24, 2.45) is 7.05 Å². The first-order valence-corrected chi connectivity index (χ1v) is 7.87. The highest BCUT2D eigenvalue weighted by molar-refractivity contribution is 6.32. The lowest BCUT2D eigenvalue weighted by Crippen LogP contribution is -2.33. The minimum Gasteiger partial charge on any atom is -0.339 e. The van der Waals surface area contributed by atoms with Crippen molar-refractivity contribution in [2.75, 3.05) is 7.05 Å². The lowest BCUT2D eigenvalue weighted by molar-refractivity contribution is -0.142. The summed E-state index contributed by atoms with van der Waals surface area (Å²) in [5.74, 6) is -0.376. The normalized spacial score (nSPS) is 13.2. The van der Waals surface area contributed by atoms with E-state index in [0.29, 0.717) is 6.54 Å². The van der Waals surface area contributed by atoms with Crippen molar-refractivity contribution in [1.82, 2.24) is 24.5 Å². The summed E-state index contributed by atoms with van der Waals surface area (Å²) in [6, 6.07) is -0.921. The molecule has 2 aromatic heterocycles. The number of aromatic nitrogens is 4. The van der Waals surface area contributed by atoms with Gasteiger partial charge in [0.1, 0.15) is 6.04 Å². The Morgan fingerprint density at radius 3 is 2.40 bits per heavy atom. The molecule has 0 aliphatic heterocycles. The third-order valence-corrected chi connectivity index (χ3v) is 4.42. The van der Waals surface area contributed by atoms with Crippen LogP contribution in [0.25, 0.3) is 0 Å². The van der Waals surface area contributed by atoms with E-state index in [0.717, 1.165) is 15.9 Å². The number of halogens is 4. The van der Waals surface area contributed by atoms with Gasteiger partial charge in [-0.05, 0) is 20.8 Å². The highest BCUT2D eigenvalue weighted by Crippen LogP contribution is 2.36. The second-order valence-corrected chi connectivity index (χ2v) is 6.35. The van der Waals surface area contributed by atoms with Crippen molar-refractivity contribution in [3.8, 4) is 0 Å². The zero-order valence-corrected chi connectivity index (χ0v) is 15.3. The first-order chi connectivity index (χ1) is 11.4. The molecule has 25 heavy (non-hydrogen) atoms. The number of hydrogen-bond acceptors (Lipinski definition) is 3. The summed E-state index contributed by atoms with van der Waals surface area (Å²) < 4.78 is 41.5. The molecular formula is C15H19ClF3N5O. The molecule has 6 nitrogen and oxygen atoms in total. The molecule has 0 aromatic carbocycles. The van der Waals surface area contributed by atoms with Gasteiger partial charge in [0.05, 0.1) is 16.4 Å². The van der Waals surface area contributed by atoms with Crippen LogP contribution in [0.1, 0.15) is 35.6 Å². The van der Waals surface area contributed by atoms with Crippen LogP contribution in [0, 0.1) is 13.8 Å². The average Bonchev–Trinajstić information content (AvgIpc) is 2.97. The number of aryl methyl sites for hydroxylation is 2. The monoisotopic (exact) mass is 377 g/mol. The van der Waals surface area contributed by atoms with Crippen molar-refractivity contribution in [1.29, 1.82) is 0 Å². The van der Waals surface area contributed by atoms with Gasteiger partial charge in [0.2, 0.25) is 5.91 Å². The number of amides is 1. The van der Waals surface area contributed by atoms with Crippen molar-refractivity contribution < 1.29 is 18.0 Å². The maximum absolute atomic E-state index is 12.9. The van der Waals surface area contributed by atoms with Gasteiger partial charge < -0.3 is 4.90 Å². The molecule has 138 valence electrons. The van der Waals surface area contributed by atoms with E-state index in [1.54, 1.807) is 25.0 Å². The fourth-order valence-electron chi connectivity index (χ4n) is 2.62. The number of carbonyl (C=O) groups excluding carboxylic acids is 1. The predicted molar refractivity (Wildman–Crippen MR) is 86.1 cm³/mol. The fourth-order valence-corrected chi connectivity index (χ4v) is 2.85. The summed E-state index contributed by atoms with van der Waals surface area (Å²) in [4.78, 5) is 14.0. The molecule has 1 amide bonds. The number of carbonyl (C=O) groups is 1. The van der Waals surface area contributed by atoms with Crippen LogP contribution in [-0.2, 0) is 24.6 Å². The number of likely N-dealkylation sites (N-methyl/N-ethyl adjacent to an activating group) is 1. The van der Waals surface area contributed by atoms with E-state index >= 15 is 0 Å². The van der Waals surface area contributed by atoms with Gasteiger partial charge in [0.15, 0.2) is 5.69 Å². The molecule has 0 bridgehead atoms. The molecule has 0 saturated carbocycles. The Kier molecular flexibility index (Phi) is 5.17. The van der Waals surface area contributed by atoms with E-state index in [1.165, 1.54) is 18.7 Å². The Labute approximate surface area is 148 Å². The first kappa shape index (κ1) is 19.3. The zero-order chi connectivity index (χ0) is 19.1. The van der Waals surface area contributed by atoms with Gasteiger partial charge in [-0.25, -0.2) is 0 Å². The minimum atomic E-state index is -4.67. The summed E-state index contributed by atoms with van der Waals surface area (Å²) in [7, 11) is 3.35. The third kappa shape index (κ3) is 3.81. The Hall–Kier alpha value is -2.03. The standard InChI is InChI=1S/C15H19ClF3N5O/c1-8-11(7-23(5)20-8)6-22(4)14(25)10(3)24-9(2)12(16)13(21-24)15(17,18)19/h7,10H,6H2,1-5H3. The minimum absolute atomic E-state index is 0.0980. The second kappa shape index (κ2) is 6.70. The molecular weight excluding hydrogens is 359 g/mol. The van der Waals surface area contributed by atoms with E-state index in [4.69, 9.17) is 11.6 Å². The maximum atomic E-state index is 12.9. The molecule has 10 heteroatoms. The highest BCUT2D eigenvalue weighted by Gasteiger charge is 2.39. The molecule has 0 saturated heterocycles. The van der Waals surface area contributed by atoms with E-state index in [2.05, 4.69) is 10.2 Å². The van der Waals surface area contributed by atoms with Crippen LogP contribution in [0.5, 0.6) is 0 Å². The molecule has 1 atom stereocenters. The molecule has 2 aromatic rings. The molecule has 2 heterocycles. The number of alkyl halides is 3. The van der Waals surface area contributed by atoms with Crippen LogP contribution in [0.3, 0.4) is 0 Å². The average molecular weight is 378 g/mol. The van der Waals surface area contributed by atoms with Crippen LogP contribution in [0.15, 0.2) is 6.20 Å². The summed E-state index contributed by atoms with van der Waals surface area (Å²) in [5, 5.41) is 7.22. The molecule has 0 radical (unpaired) electrons. The molecule has 0 aliphatic rings. The summed E-state index contributed by atoms with van der Waals surface area (Å²) in [6.07, 6.45) is -2.88. The van der Waals surface area contributed by atoms with E-state index in [1.807, 2.05) is 6.92 Å². The summed E-state index contributed by atoms with van der Waals surface area (Å²) >= 11 is 5.74. The van der Waals surface area contributed by atoms with Crippen LogP contribution in [0.2, 0.25) is 5.02 Å². The highest BCUT2D eigenvalue weighted by atomic mass is 35.5. The van der Waals surface area contributed by atoms with Crippen LogP contribution in [-0.4, -0.2) is 37.4 Å². The number of nitrogens with zero attached hydrogens (tertiary/aromatic N) is 5. The maximum Gasteiger partial charge on any atom is 0.436 e. The van der Waals surface area contributed by atoms with Gasteiger partial charge >= 0.3 is 6.18 Å². The van der Waals surface area contributed by atoms with Gasteiger partial charge in [-0.2, -0.15) is 23.4 Å². The fraction of sp³-hybridized carbons (Fsp3) is 0.533. The quantitative estimate of drug-likeness (QED) is 0.822. The number of rotatable bonds is 4. The predicted octanol–water partition coefficient (Wildman–Crippen LogP) is 3.13. The van der Waals surface area contributed by atoms with E-state index < -0.39 is 22.9 Å². The van der Waals surface area contributed by atoms with E-state index in [9.17, 15) is 18.0 Å². The molecule has 0 aliphatic carbocycles. The molecule has 2 rings (SSSR count). The zero-order valence-electron chi connectivity index (χ0n) is 14.5. The Morgan fingerprint density at radius 1 is 1.36 bits per heavy atom. The second-order valence-electron chi connectivity index (χ2n) is 5.97. The van der Waals surface area contributed by atoms with Gasteiger partial charge in [-0.15, -0.1) is 0 Å².